The Morgan fingerprint density at radius 2 is 2.06 bits per heavy atom. The van der Waals surface area contributed by atoms with E-state index < -0.39 is 10.0 Å². The van der Waals surface area contributed by atoms with Crippen molar-refractivity contribution in [2.75, 3.05) is 13.1 Å². The van der Waals surface area contributed by atoms with Crippen molar-refractivity contribution in [1.29, 1.82) is 0 Å². The van der Waals surface area contributed by atoms with Crippen LogP contribution in [0.1, 0.15) is 24.0 Å². The number of unbranched alkanes of at least 4 members (excludes halogenated alkanes) is 1. The van der Waals surface area contributed by atoms with Crippen molar-refractivity contribution < 1.29 is 8.42 Å². The van der Waals surface area contributed by atoms with Crippen LogP contribution < -0.4 is 10.5 Å². The molecule has 96 valence electrons. The van der Waals surface area contributed by atoms with E-state index in [0.717, 1.165) is 24.0 Å². The highest BCUT2D eigenvalue weighted by Gasteiger charge is 2.10. The van der Waals surface area contributed by atoms with E-state index in [-0.39, 0.29) is 5.75 Å². The van der Waals surface area contributed by atoms with Gasteiger partial charge in [-0.3, -0.25) is 0 Å². The van der Waals surface area contributed by atoms with Gasteiger partial charge in [-0.25, -0.2) is 13.1 Å². The highest BCUT2D eigenvalue weighted by atomic mass is 32.2. The summed E-state index contributed by atoms with van der Waals surface area (Å²) in [5.74, 6) is 0.0390. The molecule has 0 aromatic heterocycles. The molecule has 0 bridgehead atoms. The third-order valence-electron chi connectivity index (χ3n) is 2.39. The van der Waals surface area contributed by atoms with Crippen molar-refractivity contribution in [3.05, 3.63) is 35.4 Å². The average Bonchev–Trinajstić information content (AvgIpc) is 2.24. The maximum atomic E-state index is 11.7. The number of benzene rings is 1. The molecule has 0 atom stereocenters. The van der Waals surface area contributed by atoms with Gasteiger partial charge >= 0.3 is 0 Å². The molecule has 0 saturated heterocycles. The van der Waals surface area contributed by atoms with E-state index >= 15 is 0 Å². The Kier molecular flexibility index (Phi) is 5.61. The topological polar surface area (TPSA) is 72.2 Å². The van der Waals surface area contributed by atoms with Crippen molar-refractivity contribution in [2.45, 2.75) is 25.5 Å². The van der Waals surface area contributed by atoms with Crippen LogP contribution in [0.15, 0.2) is 24.3 Å². The predicted octanol–water partition coefficient (Wildman–Crippen LogP) is 1.15. The number of nitrogens with two attached hydrogens (primary N) is 1. The second-order valence-corrected chi connectivity index (χ2v) is 5.95. The second-order valence-electron chi connectivity index (χ2n) is 4.14. The van der Waals surface area contributed by atoms with E-state index in [9.17, 15) is 8.42 Å². The Morgan fingerprint density at radius 1 is 1.29 bits per heavy atom. The van der Waals surface area contributed by atoms with Crippen LogP contribution in [0.5, 0.6) is 0 Å². The summed E-state index contributed by atoms with van der Waals surface area (Å²) in [4.78, 5) is 0. The molecular weight excluding hydrogens is 236 g/mol. The molecule has 1 rings (SSSR count). The van der Waals surface area contributed by atoms with Crippen molar-refractivity contribution in [2.24, 2.45) is 5.73 Å². The van der Waals surface area contributed by atoms with Gasteiger partial charge in [0.05, 0.1) is 5.75 Å². The fraction of sp³-hybridized carbons (Fsp3) is 0.500. The fourth-order valence-corrected chi connectivity index (χ4v) is 2.75. The molecule has 0 radical (unpaired) electrons. The predicted molar refractivity (Wildman–Crippen MR) is 70.1 cm³/mol. The van der Waals surface area contributed by atoms with Crippen LogP contribution >= 0.6 is 0 Å². The fourth-order valence-electron chi connectivity index (χ4n) is 1.57. The van der Waals surface area contributed by atoms with Crippen molar-refractivity contribution in [3.8, 4) is 0 Å². The van der Waals surface area contributed by atoms with E-state index in [2.05, 4.69) is 4.72 Å². The third kappa shape index (κ3) is 5.81. The van der Waals surface area contributed by atoms with Gasteiger partial charge in [-0.2, -0.15) is 0 Å². The number of hydrogen-bond acceptors (Lipinski definition) is 3. The molecule has 0 aliphatic heterocycles. The quantitative estimate of drug-likeness (QED) is 0.719. The van der Waals surface area contributed by atoms with Crippen molar-refractivity contribution in [1.82, 2.24) is 4.72 Å². The molecule has 0 amide bonds. The highest BCUT2D eigenvalue weighted by Crippen LogP contribution is 2.07. The maximum Gasteiger partial charge on any atom is 0.215 e. The van der Waals surface area contributed by atoms with Gasteiger partial charge in [0.25, 0.3) is 0 Å². The lowest BCUT2D eigenvalue weighted by molar-refractivity contribution is 0.576. The van der Waals surface area contributed by atoms with E-state index in [0.29, 0.717) is 13.1 Å². The smallest absolute Gasteiger partial charge is 0.215 e. The molecule has 0 saturated carbocycles. The van der Waals surface area contributed by atoms with Gasteiger partial charge in [-0.1, -0.05) is 29.8 Å². The van der Waals surface area contributed by atoms with Gasteiger partial charge in [0.15, 0.2) is 0 Å². The van der Waals surface area contributed by atoms with E-state index in [1.165, 1.54) is 0 Å². The first kappa shape index (κ1) is 14.2. The standard InChI is InChI=1S/C12H20N2O2S/c1-11-5-4-6-12(9-11)10-17(15,16)14-8-3-2-7-13/h4-6,9,14H,2-3,7-8,10,13H2,1H3. The molecule has 0 unspecified atom stereocenters. The summed E-state index contributed by atoms with van der Waals surface area (Å²) in [5.41, 5.74) is 7.23. The van der Waals surface area contributed by atoms with Gasteiger partial charge in [0, 0.05) is 6.54 Å². The molecule has 0 fully saturated rings. The van der Waals surface area contributed by atoms with Crippen LogP contribution in [0.2, 0.25) is 0 Å². The van der Waals surface area contributed by atoms with E-state index in [1.807, 2.05) is 31.2 Å². The summed E-state index contributed by atoms with van der Waals surface area (Å²) in [6.07, 6.45) is 1.62. The summed E-state index contributed by atoms with van der Waals surface area (Å²) < 4.78 is 26.0. The van der Waals surface area contributed by atoms with Crippen LogP contribution in [0.25, 0.3) is 0 Å². The number of sulfonamides is 1. The first-order valence-corrected chi connectivity index (χ1v) is 7.42. The van der Waals surface area contributed by atoms with Crippen LogP contribution in [0, 0.1) is 6.92 Å². The van der Waals surface area contributed by atoms with Crippen LogP contribution in [-0.2, 0) is 15.8 Å². The zero-order valence-electron chi connectivity index (χ0n) is 10.1. The molecule has 5 heteroatoms. The molecule has 17 heavy (non-hydrogen) atoms. The Labute approximate surface area is 103 Å². The van der Waals surface area contributed by atoms with Gasteiger partial charge in [0.1, 0.15) is 0 Å². The Bertz CT molecular complexity index is 444. The maximum absolute atomic E-state index is 11.7. The molecule has 0 spiro atoms. The molecule has 4 nitrogen and oxygen atoms in total. The highest BCUT2D eigenvalue weighted by molar-refractivity contribution is 7.88. The second kappa shape index (κ2) is 6.74. The Morgan fingerprint density at radius 3 is 2.71 bits per heavy atom. The molecule has 3 N–H and O–H groups in total. The van der Waals surface area contributed by atoms with Gasteiger partial charge < -0.3 is 5.73 Å². The molecule has 0 aliphatic carbocycles. The minimum Gasteiger partial charge on any atom is -0.330 e. The SMILES string of the molecule is Cc1cccc(CS(=O)(=O)NCCCCN)c1. The van der Waals surface area contributed by atoms with Gasteiger partial charge in [0.2, 0.25) is 10.0 Å². The summed E-state index contributed by atoms with van der Waals surface area (Å²) in [6.45, 7) is 3.01. The third-order valence-corrected chi connectivity index (χ3v) is 3.75. The summed E-state index contributed by atoms with van der Waals surface area (Å²) in [6, 6.07) is 7.53. The number of nitrogens with one attached hydrogen (secondary N) is 1. The lowest BCUT2D eigenvalue weighted by atomic mass is 10.2. The normalized spacial score (nSPS) is 11.6. The minimum absolute atomic E-state index is 0.0390. The molecule has 1 aromatic rings. The van der Waals surface area contributed by atoms with Crippen LogP contribution in [-0.4, -0.2) is 21.5 Å². The average molecular weight is 256 g/mol. The minimum atomic E-state index is -3.22. The monoisotopic (exact) mass is 256 g/mol. The molecular formula is C12H20N2O2S. The van der Waals surface area contributed by atoms with Gasteiger partial charge in [-0.15, -0.1) is 0 Å². The van der Waals surface area contributed by atoms with Crippen LogP contribution in [0.3, 0.4) is 0 Å². The number of rotatable bonds is 7. The Balaban J connectivity index is 2.49. The first-order chi connectivity index (χ1) is 8.03. The Hall–Kier alpha value is -0.910. The lowest BCUT2D eigenvalue weighted by Gasteiger charge is -2.07. The van der Waals surface area contributed by atoms with Crippen LogP contribution in [0.4, 0.5) is 0 Å². The summed E-state index contributed by atoms with van der Waals surface area (Å²) in [5, 5.41) is 0. The van der Waals surface area contributed by atoms with E-state index in [4.69, 9.17) is 5.73 Å². The number of aryl methyl sites for hydroxylation is 1. The lowest BCUT2D eigenvalue weighted by Crippen LogP contribution is -2.26. The zero-order valence-corrected chi connectivity index (χ0v) is 11.0. The molecule has 1 aromatic carbocycles. The van der Waals surface area contributed by atoms with Crippen molar-refractivity contribution >= 4 is 10.0 Å². The zero-order chi connectivity index (χ0) is 12.7. The summed E-state index contributed by atoms with van der Waals surface area (Å²) in [7, 11) is -3.22. The molecule has 0 aliphatic rings. The van der Waals surface area contributed by atoms with Gasteiger partial charge in [-0.05, 0) is 31.9 Å². The van der Waals surface area contributed by atoms with E-state index in [1.54, 1.807) is 0 Å². The number of hydrogen-bond donors (Lipinski definition) is 2. The molecule has 0 heterocycles. The summed E-state index contributed by atoms with van der Waals surface area (Å²) >= 11 is 0. The van der Waals surface area contributed by atoms with Crippen molar-refractivity contribution in [3.63, 3.8) is 0 Å². The largest absolute Gasteiger partial charge is 0.330 e. The first-order valence-electron chi connectivity index (χ1n) is 5.76.